The van der Waals surface area contributed by atoms with Crippen LogP contribution in [0.2, 0.25) is 0 Å². The molecule has 0 unspecified atom stereocenters. The van der Waals surface area contributed by atoms with Crippen molar-refractivity contribution in [3.05, 3.63) is 47.6 Å². The number of amides is 2. The zero-order valence-corrected chi connectivity index (χ0v) is 12.7. The van der Waals surface area contributed by atoms with E-state index in [1.165, 1.54) is 6.07 Å². The number of hydrazine groups is 1. The highest BCUT2D eigenvalue weighted by Crippen LogP contribution is 2.14. The third-order valence-electron chi connectivity index (χ3n) is 3.37. The van der Waals surface area contributed by atoms with E-state index < -0.39 is 5.91 Å². The normalized spacial score (nSPS) is 10.7. The monoisotopic (exact) mass is 313 g/mol. The van der Waals surface area contributed by atoms with Crippen LogP contribution in [0.4, 0.5) is 0 Å². The minimum atomic E-state index is -0.541. The number of nitrogens with one attached hydrogen (secondary N) is 2. The van der Waals surface area contributed by atoms with Crippen molar-refractivity contribution >= 4 is 22.8 Å². The van der Waals surface area contributed by atoms with Crippen LogP contribution < -0.4 is 10.9 Å². The highest BCUT2D eigenvalue weighted by molar-refractivity contribution is 5.93. The number of rotatable bonds is 3. The lowest BCUT2D eigenvalue weighted by Gasteiger charge is -2.06. The van der Waals surface area contributed by atoms with Crippen molar-refractivity contribution in [2.45, 2.75) is 13.3 Å². The van der Waals surface area contributed by atoms with Crippen LogP contribution in [0.15, 0.2) is 34.9 Å². The molecule has 2 aromatic heterocycles. The van der Waals surface area contributed by atoms with Gasteiger partial charge in [-0.15, -0.1) is 0 Å². The van der Waals surface area contributed by atoms with Crippen molar-refractivity contribution in [2.75, 3.05) is 0 Å². The third kappa shape index (κ3) is 3.05. The van der Waals surface area contributed by atoms with Crippen molar-refractivity contribution in [1.29, 1.82) is 0 Å². The van der Waals surface area contributed by atoms with Crippen LogP contribution in [-0.2, 0) is 18.3 Å². The summed E-state index contributed by atoms with van der Waals surface area (Å²) in [5, 5.41) is 3.57. The second-order valence-corrected chi connectivity index (χ2v) is 5.08. The molecule has 0 atom stereocenters. The summed E-state index contributed by atoms with van der Waals surface area (Å²) in [5.74, 6) is 0.202. The lowest BCUT2D eigenvalue weighted by Crippen LogP contribution is -2.42. The fraction of sp³-hybridized carbons (Fsp3) is 0.200. The van der Waals surface area contributed by atoms with E-state index in [2.05, 4.69) is 21.0 Å². The van der Waals surface area contributed by atoms with Gasteiger partial charge in [-0.05, 0) is 19.1 Å². The van der Waals surface area contributed by atoms with E-state index in [0.29, 0.717) is 11.6 Å². The summed E-state index contributed by atoms with van der Waals surface area (Å²) in [5.41, 5.74) is 6.49. The molecule has 1 aromatic carbocycles. The summed E-state index contributed by atoms with van der Waals surface area (Å²) in [7, 11) is 1.84. The number of aromatic nitrogens is 3. The Balaban J connectivity index is 1.62. The lowest BCUT2D eigenvalue weighted by molar-refractivity contribution is -0.121. The summed E-state index contributed by atoms with van der Waals surface area (Å²) in [6.07, 6.45) is 0.0449. The standard InChI is InChI=1S/C15H15N5O3/c1-9-7-11(19-23-9)15(22)18-17-14(21)8-13-16-10-5-3-4-6-12(10)20(13)2/h3-7H,8H2,1-2H3,(H,17,21)(H,18,22). The van der Waals surface area contributed by atoms with Crippen LogP contribution >= 0.6 is 0 Å². The van der Waals surface area contributed by atoms with Crippen molar-refractivity contribution in [3.63, 3.8) is 0 Å². The zero-order valence-electron chi connectivity index (χ0n) is 12.7. The number of imidazole rings is 1. The van der Waals surface area contributed by atoms with E-state index in [0.717, 1.165) is 11.0 Å². The van der Waals surface area contributed by atoms with Crippen LogP contribution in [-0.4, -0.2) is 26.5 Å². The largest absolute Gasteiger partial charge is 0.361 e. The molecule has 0 aliphatic carbocycles. The molecule has 2 heterocycles. The smallest absolute Gasteiger partial charge is 0.291 e. The Bertz CT molecular complexity index is 880. The first-order chi connectivity index (χ1) is 11.0. The molecule has 3 rings (SSSR count). The van der Waals surface area contributed by atoms with E-state index in [4.69, 9.17) is 4.52 Å². The van der Waals surface area contributed by atoms with E-state index >= 15 is 0 Å². The quantitative estimate of drug-likeness (QED) is 0.699. The molecule has 8 nitrogen and oxygen atoms in total. The minimum absolute atomic E-state index is 0.0449. The molecule has 2 N–H and O–H groups in total. The molecule has 0 aliphatic rings. The summed E-state index contributed by atoms with van der Waals surface area (Å²) in [6, 6.07) is 9.09. The number of nitrogens with zero attached hydrogens (tertiary/aromatic N) is 3. The molecule has 3 aromatic rings. The summed E-state index contributed by atoms with van der Waals surface area (Å²) in [6.45, 7) is 1.67. The van der Waals surface area contributed by atoms with E-state index in [1.807, 2.05) is 35.9 Å². The Hall–Kier alpha value is -3.16. The summed E-state index contributed by atoms with van der Waals surface area (Å²) < 4.78 is 6.65. The van der Waals surface area contributed by atoms with Crippen LogP contribution in [0.3, 0.4) is 0 Å². The highest BCUT2D eigenvalue weighted by Gasteiger charge is 2.14. The zero-order chi connectivity index (χ0) is 16.4. The molecular formula is C15H15N5O3. The van der Waals surface area contributed by atoms with Gasteiger partial charge in [-0.25, -0.2) is 4.98 Å². The van der Waals surface area contributed by atoms with Gasteiger partial charge < -0.3 is 9.09 Å². The van der Waals surface area contributed by atoms with Gasteiger partial charge in [0.2, 0.25) is 5.91 Å². The number of carbonyl (C=O) groups is 2. The average Bonchev–Trinajstić information content (AvgIpc) is 3.10. The maximum atomic E-state index is 12.0. The van der Waals surface area contributed by atoms with Crippen LogP contribution in [0.5, 0.6) is 0 Å². The molecule has 0 aliphatic heterocycles. The number of fused-ring (bicyclic) bond motifs is 1. The van der Waals surface area contributed by atoms with E-state index in [-0.39, 0.29) is 18.0 Å². The van der Waals surface area contributed by atoms with Crippen LogP contribution in [0.25, 0.3) is 11.0 Å². The Labute approximate surface area is 131 Å². The van der Waals surface area contributed by atoms with Gasteiger partial charge in [0, 0.05) is 13.1 Å². The van der Waals surface area contributed by atoms with E-state index in [9.17, 15) is 9.59 Å². The molecule has 0 radical (unpaired) electrons. The first-order valence-corrected chi connectivity index (χ1v) is 6.97. The van der Waals surface area contributed by atoms with Crippen LogP contribution in [0, 0.1) is 6.92 Å². The maximum Gasteiger partial charge on any atom is 0.291 e. The summed E-state index contributed by atoms with van der Waals surface area (Å²) in [4.78, 5) is 28.1. The SMILES string of the molecule is Cc1cc(C(=O)NNC(=O)Cc2nc3ccccc3n2C)no1. The molecule has 0 bridgehead atoms. The number of aryl methyl sites for hydroxylation is 2. The van der Waals surface area contributed by atoms with Crippen molar-refractivity contribution in [2.24, 2.45) is 7.05 Å². The highest BCUT2D eigenvalue weighted by atomic mass is 16.5. The van der Waals surface area contributed by atoms with Gasteiger partial charge in [-0.3, -0.25) is 20.4 Å². The van der Waals surface area contributed by atoms with Crippen molar-refractivity contribution in [3.8, 4) is 0 Å². The number of carbonyl (C=O) groups excluding carboxylic acids is 2. The predicted octanol–water partition coefficient (Wildman–Crippen LogP) is 0.873. The molecule has 0 spiro atoms. The number of para-hydroxylation sites is 2. The van der Waals surface area contributed by atoms with Gasteiger partial charge >= 0.3 is 0 Å². The minimum Gasteiger partial charge on any atom is -0.361 e. The molecule has 118 valence electrons. The predicted molar refractivity (Wildman–Crippen MR) is 81.3 cm³/mol. The molecular weight excluding hydrogens is 298 g/mol. The van der Waals surface area contributed by atoms with Gasteiger partial charge in [0.1, 0.15) is 11.6 Å². The molecule has 8 heteroatoms. The Morgan fingerprint density at radius 2 is 2.04 bits per heavy atom. The van der Waals surface area contributed by atoms with Crippen molar-refractivity contribution < 1.29 is 14.1 Å². The Morgan fingerprint density at radius 3 is 2.74 bits per heavy atom. The van der Waals surface area contributed by atoms with Gasteiger partial charge in [0.25, 0.3) is 5.91 Å². The fourth-order valence-electron chi connectivity index (χ4n) is 2.21. The molecule has 2 amide bonds. The topological polar surface area (TPSA) is 102 Å². The second kappa shape index (κ2) is 5.91. The number of hydrogen-bond acceptors (Lipinski definition) is 5. The maximum absolute atomic E-state index is 12.0. The average molecular weight is 313 g/mol. The van der Waals surface area contributed by atoms with Gasteiger partial charge in [-0.1, -0.05) is 17.3 Å². The molecule has 0 saturated heterocycles. The Morgan fingerprint density at radius 1 is 1.26 bits per heavy atom. The van der Waals surface area contributed by atoms with Crippen molar-refractivity contribution in [1.82, 2.24) is 25.6 Å². The number of hydrogen-bond donors (Lipinski definition) is 2. The first kappa shape index (κ1) is 14.8. The Kier molecular flexibility index (Phi) is 3.80. The number of benzene rings is 1. The first-order valence-electron chi connectivity index (χ1n) is 6.97. The third-order valence-corrected chi connectivity index (χ3v) is 3.37. The van der Waals surface area contributed by atoms with Gasteiger partial charge in [-0.2, -0.15) is 0 Å². The molecule has 0 fully saturated rings. The molecule has 0 saturated carbocycles. The molecule has 23 heavy (non-hydrogen) atoms. The second-order valence-electron chi connectivity index (χ2n) is 5.08. The lowest BCUT2D eigenvalue weighted by atomic mass is 10.3. The van der Waals surface area contributed by atoms with Gasteiger partial charge in [0.15, 0.2) is 5.69 Å². The fourth-order valence-corrected chi connectivity index (χ4v) is 2.21. The van der Waals surface area contributed by atoms with Gasteiger partial charge in [0.05, 0.1) is 17.5 Å². The van der Waals surface area contributed by atoms with Crippen LogP contribution in [0.1, 0.15) is 22.1 Å². The van der Waals surface area contributed by atoms with E-state index in [1.54, 1.807) is 6.92 Å². The summed E-state index contributed by atoms with van der Waals surface area (Å²) >= 11 is 0.